The molecule has 0 saturated carbocycles. The Bertz CT molecular complexity index is 886. The summed E-state index contributed by atoms with van der Waals surface area (Å²) in [6.07, 6.45) is -6.91. The van der Waals surface area contributed by atoms with Crippen LogP contribution in [0, 0.1) is 0 Å². The van der Waals surface area contributed by atoms with Gasteiger partial charge in [0.1, 0.15) is 19.3 Å². The van der Waals surface area contributed by atoms with Gasteiger partial charge in [0.2, 0.25) is 0 Å². The van der Waals surface area contributed by atoms with Crippen molar-refractivity contribution < 1.29 is 57.2 Å². The molecule has 1 fully saturated rings. The van der Waals surface area contributed by atoms with Gasteiger partial charge in [-0.15, -0.1) is 0 Å². The number of hydrogen-bond acceptors (Lipinski definition) is 13. The number of azide groups is 1. The van der Waals surface area contributed by atoms with Crippen LogP contribution in [0.15, 0.2) is 5.11 Å². The molecule has 1 N–H and O–H groups in total. The van der Waals surface area contributed by atoms with Crippen molar-refractivity contribution in [2.24, 2.45) is 5.11 Å². The molecule has 0 spiro atoms. The maximum Gasteiger partial charge on any atom is 0.325 e. The van der Waals surface area contributed by atoms with Gasteiger partial charge in [-0.1, -0.05) is 0 Å². The lowest BCUT2D eigenvalue weighted by Crippen LogP contribution is -2.71. The van der Waals surface area contributed by atoms with Crippen molar-refractivity contribution in [1.82, 2.24) is 5.32 Å². The minimum absolute atomic E-state index is 0.662. The van der Waals surface area contributed by atoms with Gasteiger partial charge in [-0.3, -0.25) is 28.8 Å². The van der Waals surface area contributed by atoms with Crippen molar-refractivity contribution in [3.8, 4) is 0 Å². The predicted octanol–water partition coefficient (Wildman–Crippen LogP) is -0.961. The number of carbonyl (C=O) groups is 6. The lowest BCUT2D eigenvalue weighted by Gasteiger charge is -2.48. The van der Waals surface area contributed by atoms with Gasteiger partial charge in [0.25, 0.3) is 11.6 Å². The molecule has 0 aromatic carbocycles. The molecule has 34 heavy (non-hydrogen) atoms. The van der Waals surface area contributed by atoms with E-state index in [1.165, 1.54) is 0 Å². The van der Waals surface area contributed by atoms with Crippen molar-refractivity contribution in [1.29, 1.82) is 0 Å². The van der Waals surface area contributed by atoms with Gasteiger partial charge >= 0.3 is 29.8 Å². The van der Waals surface area contributed by atoms with E-state index in [0.717, 1.165) is 34.8 Å². The maximum atomic E-state index is 13.1. The van der Waals surface area contributed by atoms with E-state index in [0.29, 0.717) is 0 Å². The van der Waals surface area contributed by atoms with Crippen molar-refractivity contribution >= 4 is 35.8 Å². The number of nitrogens with one attached hydrogen (secondary N) is 1. The van der Waals surface area contributed by atoms with Gasteiger partial charge in [-0.25, -0.2) is 0 Å². The number of hydrogen-bond donors (Lipinski definition) is 1. The van der Waals surface area contributed by atoms with Gasteiger partial charge < -0.3 is 33.7 Å². The monoisotopic (exact) mass is 488 g/mol. The second-order valence-electron chi connectivity index (χ2n) is 6.78. The molecule has 0 radical (unpaired) electrons. The average molecular weight is 488 g/mol. The first-order valence-corrected chi connectivity index (χ1v) is 9.62. The summed E-state index contributed by atoms with van der Waals surface area (Å²) >= 11 is 0. The second-order valence-corrected chi connectivity index (χ2v) is 6.78. The summed E-state index contributed by atoms with van der Waals surface area (Å²) in [5.41, 5.74) is 6.38. The number of ether oxygens (including phenoxy) is 6. The van der Waals surface area contributed by atoms with Crippen LogP contribution in [-0.2, 0) is 57.2 Å². The highest BCUT2D eigenvalue weighted by Crippen LogP contribution is 2.37. The molecule has 16 nitrogen and oxygen atoms in total. The average Bonchev–Trinajstić information content (AvgIpc) is 2.73. The molecule has 1 saturated heterocycles. The summed E-state index contributed by atoms with van der Waals surface area (Å²) in [4.78, 5) is 74.0. The maximum absolute atomic E-state index is 13.1. The number of nitrogens with zero attached hydrogens (tertiary/aromatic N) is 3. The highest BCUT2D eigenvalue weighted by atomic mass is 16.7. The molecular formula is C18H24N4O12. The summed E-state index contributed by atoms with van der Waals surface area (Å²) in [5, 5.41) is 5.44. The van der Waals surface area contributed by atoms with Crippen LogP contribution in [0.4, 0.5) is 0 Å². The van der Waals surface area contributed by atoms with Crippen LogP contribution in [-0.4, -0.2) is 86.2 Å². The molecule has 0 bridgehead atoms. The van der Waals surface area contributed by atoms with E-state index in [1.54, 1.807) is 0 Å². The Labute approximate surface area is 192 Å². The molecule has 0 unspecified atom stereocenters. The largest absolute Gasteiger partial charge is 0.468 e. The lowest BCUT2D eigenvalue weighted by molar-refractivity contribution is -0.277. The Balaban J connectivity index is 3.71. The molecule has 16 heteroatoms. The number of esters is 5. The first-order valence-electron chi connectivity index (χ1n) is 9.62. The Morgan fingerprint density at radius 3 is 1.97 bits per heavy atom. The van der Waals surface area contributed by atoms with Crippen LogP contribution in [0.25, 0.3) is 10.4 Å². The standard InChI is InChI=1S/C18H24N4O12/c1-8(23)30-7-12-14(31-9(2)24)15(32-10(3)25)16(33-11(4)26)18(34-12,21-22-19)17(28)20-6-13(27)29-5/h12,14-16H,6-7H2,1-5H3,(H,20,28)/t12-,14+,15+,16-,18+/m1/s1. The Hall–Kier alpha value is -3.91. The van der Waals surface area contributed by atoms with E-state index in [1.807, 2.05) is 0 Å². The molecule has 1 rings (SSSR count). The van der Waals surface area contributed by atoms with Crippen LogP contribution in [0.3, 0.4) is 0 Å². The fourth-order valence-corrected chi connectivity index (χ4v) is 3.01. The molecule has 5 atom stereocenters. The fraction of sp³-hybridized carbons (Fsp3) is 0.667. The van der Waals surface area contributed by atoms with Gasteiger partial charge in [-0.05, 0) is 10.6 Å². The minimum Gasteiger partial charge on any atom is -0.468 e. The summed E-state index contributed by atoms with van der Waals surface area (Å²) in [6, 6.07) is 0. The number of amides is 1. The van der Waals surface area contributed by atoms with E-state index < -0.39 is 79.0 Å². The summed E-state index contributed by atoms with van der Waals surface area (Å²) in [6.45, 7) is 2.59. The van der Waals surface area contributed by atoms with E-state index >= 15 is 0 Å². The Kier molecular flexibility index (Phi) is 10.2. The van der Waals surface area contributed by atoms with Gasteiger partial charge in [0, 0.05) is 32.6 Å². The smallest absolute Gasteiger partial charge is 0.325 e. The lowest BCUT2D eigenvalue weighted by atomic mass is 9.89. The molecule has 1 aliphatic heterocycles. The second kappa shape index (κ2) is 12.4. The summed E-state index contributed by atoms with van der Waals surface area (Å²) in [5.74, 6) is -5.86. The van der Waals surface area contributed by atoms with Crippen molar-refractivity contribution in [2.75, 3.05) is 20.3 Å². The van der Waals surface area contributed by atoms with E-state index in [4.69, 9.17) is 23.7 Å². The van der Waals surface area contributed by atoms with Crippen molar-refractivity contribution in [3.63, 3.8) is 0 Å². The highest BCUT2D eigenvalue weighted by Gasteiger charge is 2.63. The van der Waals surface area contributed by atoms with E-state index in [9.17, 15) is 34.3 Å². The Morgan fingerprint density at radius 2 is 1.50 bits per heavy atom. The SMILES string of the molecule is COC(=O)CNC(=O)[C@@]1(N=[N+]=[N-])O[C@H](COC(C)=O)[C@H](OC(C)=O)[C@H](OC(C)=O)[C@H]1OC(C)=O. The molecule has 0 aliphatic carbocycles. The molecule has 1 heterocycles. The third-order valence-electron chi connectivity index (χ3n) is 4.19. The third-order valence-corrected chi connectivity index (χ3v) is 4.19. The van der Waals surface area contributed by atoms with Gasteiger partial charge in [0.05, 0.1) is 7.11 Å². The zero-order valence-electron chi connectivity index (χ0n) is 19.0. The van der Waals surface area contributed by atoms with Crippen molar-refractivity contribution in [2.45, 2.75) is 57.8 Å². The number of methoxy groups -OCH3 is 1. The van der Waals surface area contributed by atoms with Crippen LogP contribution >= 0.6 is 0 Å². The van der Waals surface area contributed by atoms with E-state index in [-0.39, 0.29) is 0 Å². The first-order chi connectivity index (χ1) is 15.9. The van der Waals surface area contributed by atoms with E-state index in [2.05, 4.69) is 20.1 Å². The predicted molar refractivity (Wildman–Crippen MR) is 105 cm³/mol. The zero-order chi connectivity index (χ0) is 26.1. The van der Waals surface area contributed by atoms with Gasteiger partial charge in [0.15, 0.2) is 18.3 Å². The minimum atomic E-state index is -2.80. The highest BCUT2D eigenvalue weighted by molar-refractivity contribution is 5.89. The summed E-state index contributed by atoms with van der Waals surface area (Å²) < 4.78 is 30.4. The topological polar surface area (TPSA) is 219 Å². The Morgan fingerprint density at radius 1 is 0.941 bits per heavy atom. The third kappa shape index (κ3) is 7.31. The fourth-order valence-electron chi connectivity index (χ4n) is 3.01. The number of carbonyl (C=O) groups excluding carboxylic acids is 6. The first kappa shape index (κ1) is 28.1. The molecule has 1 aliphatic rings. The summed E-state index contributed by atoms with van der Waals surface area (Å²) in [7, 11) is 1.05. The van der Waals surface area contributed by atoms with Crippen LogP contribution in [0.1, 0.15) is 27.7 Å². The molecule has 188 valence electrons. The van der Waals surface area contributed by atoms with Gasteiger partial charge in [-0.2, -0.15) is 0 Å². The normalized spacial score (nSPS) is 25.6. The van der Waals surface area contributed by atoms with Crippen LogP contribution in [0.2, 0.25) is 0 Å². The number of rotatable bonds is 9. The molecule has 0 aromatic rings. The van der Waals surface area contributed by atoms with Crippen LogP contribution in [0.5, 0.6) is 0 Å². The van der Waals surface area contributed by atoms with Crippen molar-refractivity contribution in [3.05, 3.63) is 10.4 Å². The molecular weight excluding hydrogens is 464 g/mol. The molecule has 1 amide bonds. The van der Waals surface area contributed by atoms with Crippen LogP contribution < -0.4 is 5.32 Å². The quantitative estimate of drug-likeness (QED) is 0.136. The molecule has 0 aromatic heterocycles. The zero-order valence-corrected chi connectivity index (χ0v) is 19.0.